The zero-order chi connectivity index (χ0) is 29.5. The van der Waals surface area contributed by atoms with Crippen LogP contribution in [-0.4, -0.2) is 35.7 Å². The van der Waals surface area contributed by atoms with Crippen LogP contribution in [0.15, 0.2) is 84.9 Å². The van der Waals surface area contributed by atoms with Crippen molar-refractivity contribution in [3.05, 3.63) is 107 Å². The van der Waals surface area contributed by atoms with Gasteiger partial charge in [0.15, 0.2) is 11.6 Å². The molecule has 3 aromatic carbocycles. The number of alkyl halides is 6. The molecule has 0 spiro atoms. The molecule has 0 radical (unpaired) electrons. The van der Waals surface area contributed by atoms with Crippen LogP contribution in [0, 0.1) is 0 Å². The number of hydrogen-bond acceptors (Lipinski definition) is 4. The van der Waals surface area contributed by atoms with Crippen LogP contribution in [0.5, 0.6) is 0 Å². The Balaban J connectivity index is 1.61. The molecule has 6 nitrogen and oxygen atoms in total. The van der Waals surface area contributed by atoms with Gasteiger partial charge in [0.2, 0.25) is 0 Å². The fraction of sp³-hybridized carbons (Fsp3) is 0.0714. The third kappa shape index (κ3) is 8.51. The molecule has 0 heterocycles. The van der Waals surface area contributed by atoms with Crippen LogP contribution in [0.4, 0.5) is 37.7 Å². The van der Waals surface area contributed by atoms with Gasteiger partial charge in [0.25, 0.3) is 0 Å². The van der Waals surface area contributed by atoms with E-state index in [1.807, 2.05) is 0 Å². The van der Waals surface area contributed by atoms with Gasteiger partial charge in [-0.25, -0.2) is 0 Å². The lowest BCUT2D eigenvalue weighted by atomic mass is 10.1. The van der Waals surface area contributed by atoms with Crippen LogP contribution in [0.2, 0.25) is 0 Å². The molecule has 40 heavy (non-hydrogen) atoms. The Morgan fingerprint density at radius 2 is 0.900 bits per heavy atom. The Hall–Kier alpha value is -5.00. The summed E-state index contributed by atoms with van der Waals surface area (Å²) >= 11 is 0. The lowest BCUT2D eigenvalue weighted by Crippen LogP contribution is -2.29. The lowest BCUT2D eigenvalue weighted by molar-refractivity contribution is -0.167. The summed E-state index contributed by atoms with van der Waals surface area (Å²) in [6.07, 6.45) is -4.82. The predicted molar refractivity (Wildman–Crippen MR) is 135 cm³/mol. The Morgan fingerprint density at radius 1 is 0.550 bits per heavy atom. The molecule has 12 heteroatoms. The lowest BCUT2D eigenvalue weighted by Gasteiger charge is -2.08. The molecule has 0 saturated heterocycles. The van der Waals surface area contributed by atoms with E-state index in [0.717, 1.165) is 12.1 Å². The highest BCUT2D eigenvalue weighted by Gasteiger charge is 2.39. The van der Waals surface area contributed by atoms with E-state index in [9.17, 15) is 45.5 Å². The predicted octanol–water partition coefficient (Wildman–Crippen LogP) is 6.48. The second-order valence-corrected chi connectivity index (χ2v) is 8.13. The molecule has 0 fully saturated rings. The normalized spacial score (nSPS) is 11.9. The number of rotatable bonds is 8. The molecule has 0 aliphatic carbocycles. The molecular formula is C28H18F6N2O4. The summed E-state index contributed by atoms with van der Waals surface area (Å²) in [5.41, 5.74) is 0.903. The molecule has 2 N–H and O–H groups in total. The van der Waals surface area contributed by atoms with Crippen molar-refractivity contribution < 1.29 is 45.5 Å². The fourth-order valence-electron chi connectivity index (χ4n) is 3.16. The number of hydrogen-bond donors (Lipinski definition) is 2. The average Bonchev–Trinajstić information content (AvgIpc) is 2.90. The van der Waals surface area contributed by atoms with Gasteiger partial charge in [0, 0.05) is 22.5 Å². The Morgan fingerprint density at radius 3 is 1.23 bits per heavy atom. The first-order valence-electron chi connectivity index (χ1n) is 11.2. The summed E-state index contributed by atoms with van der Waals surface area (Å²) in [6.45, 7) is 0. The van der Waals surface area contributed by atoms with E-state index < -0.39 is 35.7 Å². The van der Waals surface area contributed by atoms with Crippen LogP contribution in [-0.2, 0) is 9.59 Å². The highest BCUT2D eigenvalue weighted by atomic mass is 19.4. The molecule has 0 aliphatic heterocycles. The van der Waals surface area contributed by atoms with Crippen molar-refractivity contribution in [1.29, 1.82) is 0 Å². The van der Waals surface area contributed by atoms with Crippen molar-refractivity contribution in [3.63, 3.8) is 0 Å². The second kappa shape index (κ2) is 12.2. The van der Waals surface area contributed by atoms with Crippen molar-refractivity contribution in [2.45, 2.75) is 12.4 Å². The molecule has 0 aromatic heterocycles. The van der Waals surface area contributed by atoms with Gasteiger partial charge < -0.3 is 10.6 Å². The van der Waals surface area contributed by atoms with Crippen molar-refractivity contribution in [1.82, 2.24) is 0 Å². The SMILES string of the molecule is O=C(C=Cc1ccc(C=CC(=O)c2cccc(NC(=O)C(F)(F)F)c2)cc1)c1cccc(NC(=O)C(F)(F)F)c1. The molecule has 2 amide bonds. The highest BCUT2D eigenvalue weighted by molar-refractivity contribution is 6.08. The zero-order valence-corrected chi connectivity index (χ0v) is 20.1. The van der Waals surface area contributed by atoms with Gasteiger partial charge in [0.1, 0.15) is 0 Å². The molecule has 0 saturated carbocycles. The maximum absolute atomic E-state index is 12.4. The standard InChI is InChI=1S/C28H18F6N2O4/c29-27(30,31)25(39)35-21-5-1-3-19(15-21)23(37)13-11-17-7-9-18(10-8-17)12-14-24(38)20-4-2-6-22(16-20)36-26(40)28(32,33)34/h1-16H,(H,35,39)(H,36,40). The van der Waals surface area contributed by atoms with Gasteiger partial charge in [-0.05, 0) is 47.5 Å². The minimum atomic E-state index is -5.07. The highest BCUT2D eigenvalue weighted by Crippen LogP contribution is 2.21. The molecule has 3 aromatic rings. The number of amides is 2. The van der Waals surface area contributed by atoms with Gasteiger partial charge in [-0.2, -0.15) is 26.3 Å². The van der Waals surface area contributed by atoms with E-state index in [1.165, 1.54) is 60.7 Å². The van der Waals surface area contributed by atoms with E-state index in [2.05, 4.69) is 0 Å². The maximum atomic E-state index is 12.4. The average molecular weight is 560 g/mol. The Bertz CT molecular complexity index is 1380. The molecule has 206 valence electrons. The van der Waals surface area contributed by atoms with Gasteiger partial charge in [-0.15, -0.1) is 0 Å². The van der Waals surface area contributed by atoms with E-state index in [-0.39, 0.29) is 22.5 Å². The number of allylic oxidation sites excluding steroid dienone is 2. The summed E-state index contributed by atoms with van der Waals surface area (Å²) in [6, 6.07) is 16.6. The van der Waals surface area contributed by atoms with Gasteiger partial charge in [-0.3, -0.25) is 19.2 Å². The molecule has 0 aliphatic rings. The third-order valence-electron chi connectivity index (χ3n) is 5.12. The molecule has 0 bridgehead atoms. The minimum absolute atomic E-state index is 0.0522. The molecule has 3 rings (SSSR count). The van der Waals surface area contributed by atoms with Gasteiger partial charge in [0.05, 0.1) is 0 Å². The number of halogens is 6. The quantitative estimate of drug-likeness (QED) is 0.187. The minimum Gasteiger partial charge on any atom is -0.318 e. The summed E-state index contributed by atoms with van der Waals surface area (Å²) in [5.74, 6) is -5.37. The number of nitrogens with one attached hydrogen (secondary N) is 2. The third-order valence-corrected chi connectivity index (χ3v) is 5.12. The topological polar surface area (TPSA) is 92.3 Å². The monoisotopic (exact) mass is 560 g/mol. The van der Waals surface area contributed by atoms with Crippen LogP contribution in [0.3, 0.4) is 0 Å². The first-order chi connectivity index (χ1) is 18.7. The molecule has 0 atom stereocenters. The summed E-state index contributed by atoms with van der Waals surface area (Å²) in [4.78, 5) is 47.0. The van der Waals surface area contributed by atoms with Crippen molar-refractivity contribution in [3.8, 4) is 0 Å². The van der Waals surface area contributed by atoms with Crippen molar-refractivity contribution >= 4 is 46.9 Å². The van der Waals surface area contributed by atoms with E-state index in [4.69, 9.17) is 0 Å². The first kappa shape index (κ1) is 29.6. The van der Waals surface area contributed by atoms with Crippen LogP contribution in [0.25, 0.3) is 12.2 Å². The van der Waals surface area contributed by atoms with Crippen LogP contribution >= 0.6 is 0 Å². The summed E-state index contributed by atoms with van der Waals surface area (Å²) < 4.78 is 74.6. The molecule has 0 unspecified atom stereocenters. The van der Waals surface area contributed by atoms with Crippen molar-refractivity contribution in [2.24, 2.45) is 0 Å². The van der Waals surface area contributed by atoms with Crippen LogP contribution < -0.4 is 10.6 Å². The van der Waals surface area contributed by atoms with Crippen LogP contribution in [0.1, 0.15) is 31.8 Å². The van der Waals surface area contributed by atoms with Gasteiger partial charge >= 0.3 is 24.2 Å². The first-order valence-corrected chi connectivity index (χ1v) is 11.2. The zero-order valence-electron chi connectivity index (χ0n) is 20.1. The Kier molecular flexibility index (Phi) is 9.04. The molecular weight excluding hydrogens is 542 g/mol. The number of carbonyl (C=O) groups is 4. The van der Waals surface area contributed by atoms with E-state index in [1.54, 1.807) is 34.9 Å². The van der Waals surface area contributed by atoms with E-state index >= 15 is 0 Å². The maximum Gasteiger partial charge on any atom is 0.471 e. The Labute approximate surface area is 223 Å². The number of ketones is 2. The number of benzene rings is 3. The largest absolute Gasteiger partial charge is 0.471 e. The fourth-order valence-corrected chi connectivity index (χ4v) is 3.16. The van der Waals surface area contributed by atoms with E-state index in [0.29, 0.717) is 11.1 Å². The second-order valence-electron chi connectivity index (χ2n) is 8.13. The number of anilines is 2. The smallest absolute Gasteiger partial charge is 0.318 e. The number of carbonyl (C=O) groups excluding carboxylic acids is 4. The summed E-state index contributed by atoms with van der Waals surface area (Å²) in [7, 11) is 0. The van der Waals surface area contributed by atoms with Crippen molar-refractivity contribution in [2.75, 3.05) is 10.6 Å². The van der Waals surface area contributed by atoms with Gasteiger partial charge in [-0.1, -0.05) is 60.7 Å². The summed E-state index contributed by atoms with van der Waals surface area (Å²) in [5, 5.41) is 3.35.